The number of amides is 1. The van der Waals surface area contributed by atoms with Crippen LogP contribution in [0.5, 0.6) is 0 Å². The molecule has 33 heavy (non-hydrogen) atoms. The van der Waals surface area contributed by atoms with Crippen LogP contribution in [0.2, 0.25) is 0 Å². The third-order valence-electron chi connectivity index (χ3n) is 7.30. The van der Waals surface area contributed by atoms with Gasteiger partial charge in [0.15, 0.2) is 0 Å². The van der Waals surface area contributed by atoms with Gasteiger partial charge in [-0.3, -0.25) is 9.89 Å². The van der Waals surface area contributed by atoms with Crippen LogP contribution in [0.3, 0.4) is 0 Å². The fourth-order valence-corrected chi connectivity index (χ4v) is 5.22. The Morgan fingerprint density at radius 2 is 1.85 bits per heavy atom. The average molecular weight is 444 g/mol. The largest absolute Gasteiger partial charge is 0.388 e. The van der Waals surface area contributed by atoms with E-state index in [9.17, 15) is 9.90 Å². The summed E-state index contributed by atoms with van der Waals surface area (Å²) in [6, 6.07) is 20.2. The number of nitrogens with one attached hydrogen (secondary N) is 1. The molecule has 0 unspecified atom stereocenters. The minimum absolute atomic E-state index is 0.0241. The van der Waals surface area contributed by atoms with Gasteiger partial charge in [-0.05, 0) is 79.7 Å². The number of hydrogen-bond donors (Lipinski definition) is 2. The minimum atomic E-state index is -0.373. The van der Waals surface area contributed by atoms with Crippen molar-refractivity contribution in [2.24, 2.45) is 11.8 Å². The molecule has 3 atom stereocenters. The highest BCUT2D eigenvalue weighted by atomic mass is 16.3. The zero-order chi connectivity index (χ0) is 22.8. The van der Waals surface area contributed by atoms with Crippen LogP contribution in [-0.2, 0) is 13.0 Å². The Balaban J connectivity index is 1.13. The molecule has 2 aromatic carbocycles. The van der Waals surface area contributed by atoms with Crippen LogP contribution < -0.4 is 0 Å². The highest BCUT2D eigenvalue weighted by Crippen LogP contribution is 2.40. The summed E-state index contributed by atoms with van der Waals surface area (Å²) in [5.41, 5.74) is 5.11. The van der Waals surface area contributed by atoms with Crippen LogP contribution in [-0.4, -0.2) is 33.2 Å². The number of rotatable bonds is 8. The number of hydrogen-bond acceptors (Lipinski definition) is 3. The lowest BCUT2D eigenvalue weighted by atomic mass is 9.91. The summed E-state index contributed by atoms with van der Waals surface area (Å²) < 4.78 is 0. The summed E-state index contributed by atoms with van der Waals surface area (Å²) in [6.07, 6.45) is 6.33. The SMILES string of the molecule is CN(Cc1cc(C2CC2)n[nH]1)C(=O)c1ccc(C[C@@H]2CC[C@H]([C@H](O)c3ccccc3)C2)cc1. The van der Waals surface area contributed by atoms with E-state index < -0.39 is 0 Å². The van der Waals surface area contributed by atoms with E-state index in [1.807, 2.05) is 49.5 Å². The first-order valence-corrected chi connectivity index (χ1v) is 12.2. The number of aromatic nitrogens is 2. The van der Waals surface area contributed by atoms with Gasteiger partial charge in [0.1, 0.15) is 0 Å². The highest BCUT2D eigenvalue weighted by molar-refractivity contribution is 5.94. The Hall–Kier alpha value is -2.92. The standard InChI is InChI=1S/C28H33N3O2/c1-31(18-25-17-26(30-29-25)21-13-14-21)28(33)23-10-7-19(8-11-23)15-20-9-12-24(16-20)27(32)22-5-3-2-4-6-22/h2-8,10-11,17,20-21,24,27,32H,9,12-16,18H2,1H3,(H,29,30)/t20-,24-,27+/m0/s1. The molecule has 172 valence electrons. The zero-order valence-electron chi connectivity index (χ0n) is 19.3. The van der Waals surface area contributed by atoms with Crippen LogP contribution in [0.15, 0.2) is 60.7 Å². The maximum Gasteiger partial charge on any atom is 0.253 e. The van der Waals surface area contributed by atoms with Crippen molar-refractivity contribution in [3.05, 3.63) is 88.7 Å². The molecule has 0 aliphatic heterocycles. The van der Waals surface area contributed by atoms with Crippen molar-refractivity contribution in [3.63, 3.8) is 0 Å². The third kappa shape index (κ3) is 5.19. The number of carbonyl (C=O) groups excluding carboxylic acids is 1. The van der Waals surface area contributed by atoms with Crippen molar-refractivity contribution in [1.82, 2.24) is 15.1 Å². The lowest BCUT2D eigenvalue weighted by Gasteiger charge is -2.19. The third-order valence-corrected chi connectivity index (χ3v) is 7.30. The molecule has 3 aromatic rings. The van der Waals surface area contributed by atoms with E-state index in [0.717, 1.165) is 42.6 Å². The fraction of sp³-hybridized carbons (Fsp3) is 0.429. The summed E-state index contributed by atoms with van der Waals surface area (Å²) >= 11 is 0. The van der Waals surface area contributed by atoms with Gasteiger partial charge < -0.3 is 10.0 Å². The van der Waals surface area contributed by atoms with E-state index in [1.54, 1.807) is 4.90 Å². The van der Waals surface area contributed by atoms with Gasteiger partial charge in [-0.2, -0.15) is 5.10 Å². The predicted molar refractivity (Wildman–Crippen MR) is 129 cm³/mol. The van der Waals surface area contributed by atoms with E-state index in [2.05, 4.69) is 28.4 Å². The van der Waals surface area contributed by atoms with Crippen molar-refractivity contribution in [1.29, 1.82) is 0 Å². The molecular weight excluding hydrogens is 410 g/mol. The first-order chi connectivity index (χ1) is 16.1. The summed E-state index contributed by atoms with van der Waals surface area (Å²) in [7, 11) is 1.84. The van der Waals surface area contributed by atoms with Crippen LogP contribution in [0.4, 0.5) is 0 Å². The number of H-pyrrole nitrogens is 1. The second-order valence-corrected chi connectivity index (χ2v) is 9.95. The first-order valence-electron chi connectivity index (χ1n) is 12.2. The minimum Gasteiger partial charge on any atom is -0.388 e. The van der Waals surface area contributed by atoms with Gasteiger partial charge in [-0.15, -0.1) is 0 Å². The lowest BCUT2D eigenvalue weighted by Crippen LogP contribution is -2.26. The number of nitrogens with zero attached hydrogens (tertiary/aromatic N) is 2. The number of aliphatic hydroxyl groups excluding tert-OH is 1. The summed E-state index contributed by atoms with van der Waals surface area (Å²) in [4.78, 5) is 14.6. The Bertz CT molecular complexity index is 1070. The molecule has 2 aliphatic carbocycles. The Morgan fingerprint density at radius 1 is 1.09 bits per heavy atom. The van der Waals surface area contributed by atoms with Gasteiger partial charge in [0.25, 0.3) is 5.91 Å². The normalized spacial score (nSPS) is 21.2. The van der Waals surface area contributed by atoms with Crippen molar-refractivity contribution < 1.29 is 9.90 Å². The monoisotopic (exact) mass is 443 g/mol. The molecule has 2 N–H and O–H groups in total. The molecular formula is C28H33N3O2. The second-order valence-electron chi connectivity index (χ2n) is 9.95. The van der Waals surface area contributed by atoms with Crippen molar-refractivity contribution >= 4 is 5.91 Å². The number of aromatic amines is 1. The lowest BCUT2D eigenvalue weighted by molar-refractivity contribution is 0.0783. The molecule has 5 rings (SSSR count). The van der Waals surface area contributed by atoms with Crippen LogP contribution in [0.25, 0.3) is 0 Å². The molecule has 1 heterocycles. The van der Waals surface area contributed by atoms with Gasteiger partial charge in [0.2, 0.25) is 0 Å². The number of carbonyl (C=O) groups is 1. The van der Waals surface area contributed by atoms with Crippen molar-refractivity contribution in [2.75, 3.05) is 7.05 Å². The molecule has 5 nitrogen and oxygen atoms in total. The van der Waals surface area contributed by atoms with Crippen LogP contribution in [0.1, 0.15) is 77.0 Å². The Morgan fingerprint density at radius 3 is 2.58 bits per heavy atom. The molecule has 0 bridgehead atoms. The van der Waals surface area contributed by atoms with Gasteiger partial charge >= 0.3 is 0 Å². The van der Waals surface area contributed by atoms with E-state index in [1.165, 1.54) is 18.4 Å². The van der Waals surface area contributed by atoms with Crippen LogP contribution in [0, 0.1) is 11.8 Å². The maximum absolute atomic E-state index is 12.9. The van der Waals surface area contributed by atoms with Gasteiger partial charge in [-0.1, -0.05) is 42.5 Å². The molecule has 0 saturated heterocycles. The van der Waals surface area contributed by atoms with Gasteiger partial charge in [0, 0.05) is 18.5 Å². The molecule has 2 fully saturated rings. The highest BCUT2D eigenvalue weighted by Gasteiger charge is 2.30. The molecule has 0 radical (unpaired) electrons. The summed E-state index contributed by atoms with van der Waals surface area (Å²) in [5.74, 6) is 1.55. The first kappa shape index (κ1) is 21.9. The van der Waals surface area contributed by atoms with E-state index in [-0.39, 0.29) is 12.0 Å². The Labute approximate surface area is 195 Å². The predicted octanol–water partition coefficient (Wildman–Crippen LogP) is 5.25. The van der Waals surface area contributed by atoms with Crippen molar-refractivity contribution in [2.45, 2.75) is 57.1 Å². The average Bonchev–Trinajstić information content (AvgIpc) is 3.42. The molecule has 1 amide bonds. The Kier molecular flexibility index (Phi) is 6.32. The quantitative estimate of drug-likeness (QED) is 0.499. The van der Waals surface area contributed by atoms with Gasteiger partial charge in [0.05, 0.1) is 24.0 Å². The van der Waals surface area contributed by atoms with Crippen LogP contribution >= 0.6 is 0 Å². The second kappa shape index (κ2) is 9.52. The molecule has 2 aliphatic rings. The molecule has 0 spiro atoms. The summed E-state index contributed by atoms with van der Waals surface area (Å²) in [5, 5.41) is 18.2. The van der Waals surface area contributed by atoms with Crippen molar-refractivity contribution in [3.8, 4) is 0 Å². The van der Waals surface area contributed by atoms with E-state index in [0.29, 0.717) is 29.9 Å². The fourth-order valence-electron chi connectivity index (χ4n) is 5.22. The zero-order valence-corrected chi connectivity index (χ0v) is 19.3. The molecule has 2 saturated carbocycles. The topological polar surface area (TPSA) is 69.2 Å². The molecule has 1 aromatic heterocycles. The maximum atomic E-state index is 12.9. The number of benzene rings is 2. The molecule has 5 heteroatoms. The van der Waals surface area contributed by atoms with E-state index in [4.69, 9.17) is 0 Å². The van der Waals surface area contributed by atoms with E-state index >= 15 is 0 Å². The smallest absolute Gasteiger partial charge is 0.253 e. The van der Waals surface area contributed by atoms with Gasteiger partial charge in [-0.25, -0.2) is 0 Å². The summed E-state index contributed by atoms with van der Waals surface area (Å²) in [6.45, 7) is 0.535. The number of aliphatic hydroxyl groups is 1.